The second kappa shape index (κ2) is 4.09. The van der Waals surface area contributed by atoms with Gasteiger partial charge < -0.3 is 10.7 Å². The summed E-state index contributed by atoms with van der Waals surface area (Å²) in [6.45, 7) is 0. The molecule has 0 aliphatic heterocycles. The Balaban J connectivity index is 2.01. The Kier molecular flexibility index (Phi) is 2.55. The topological polar surface area (TPSA) is 120 Å². The molecular weight excluding hydrogens is 234 g/mol. The van der Waals surface area contributed by atoms with E-state index in [4.69, 9.17) is 5.73 Å². The quantitative estimate of drug-likeness (QED) is 0.565. The van der Waals surface area contributed by atoms with Crippen LogP contribution in [0.2, 0.25) is 0 Å². The molecule has 2 heterocycles. The first-order valence-electron chi connectivity index (χ1n) is 6.11. The van der Waals surface area contributed by atoms with E-state index in [9.17, 15) is 9.59 Å². The smallest absolute Gasteiger partial charge is 0.327 e. The van der Waals surface area contributed by atoms with Gasteiger partial charge in [-0.05, 0) is 25.7 Å². The molecule has 1 aliphatic rings. The number of aromatic nitrogens is 4. The van der Waals surface area contributed by atoms with Crippen molar-refractivity contribution in [2.75, 3.05) is 0 Å². The number of nitrogens with two attached hydrogens (primary N) is 1. The summed E-state index contributed by atoms with van der Waals surface area (Å²) in [6.07, 6.45) is 3.86. The lowest BCUT2D eigenvalue weighted by molar-refractivity contribution is 0.386. The minimum atomic E-state index is -0.531. The van der Waals surface area contributed by atoms with Gasteiger partial charge in [-0.2, -0.15) is 0 Å². The number of hydrogen-bond acceptors (Lipinski definition) is 4. The second-order valence-corrected chi connectivity index (χ2v) is 4.87. The molecule has 5 N–H and O–H groups in total. The first-order chi connectivity index (χ1) is 8.63. The summed E-state index contributed by atoms with van der Waals surface area (Å²) in [5, 5.41) is 0. The van der Waals surface area contributed by atoms with Gasteiger partial charge in [0.1, 0.15) is 11.3 Å². The molecule has 1 aliphatic carbocycles. The number of nitrogens with one attached hydrogen (secondary N) is 3. The van der Waals surface area contributed by atoms with Gasteiger partial charge >= 0.3 is 5.69 Å². The highest BCUT2D eigenvalue weighted by atomic mass is 16.2. The standard InChI is InChI=1S/C11H15N5O2/c12-6-3-1-5(2-4-6)8-13-7-9(14-8)15-11(18)16-10(7)17/h5-6H,1-4,12H2,(H3,13,14,15,16,17,18). The van der Waals surface area contributed by atoms with Crippen molar-refractivity contribution in [3.8, 4) is 0 Å². The Morgan fingerprint density at radius 1 is 1.06 bits per heavy atom. The molecule has 2 aromatic rings. The molecule has 18 heavy (non-hydrogen) atoms. The van der Waals surface area contributed by atoms with Crippen molar-refractivity contribution >= 4 is 11.2 Å². The van der Waals surface area contributed by atoms with Crippen LogP contribution in [0.15, 0.2) is 9.59 Å². The van der Waals surface area contributed by atoms with Gasteiger partial charge in [-0.25, -0.2) is 9.78 Å². The summed E-state index contributed by atoms with van der Waals surface area (Å²) in [7, 11) is 0. The van der Waals surface area contributed by atoms with E-state index in [1.165, 1.54) is 0 Å². The van der Waals surface area contributed by atoms with Crippen LogP contribution in [0.1, 0.15) is 37.4 Å². The van der Waals surface area contributed by atoms with Crippen LogP contribution in [0.4, 0.5) is 0 Å². The Morgan fingerprint density at radius 3 is 2.50 bits per heavy atom. The minimum absolute atomic E-state index is 0.272. The SMILES string of the molecule is NC1CCC(c2nc3[nH]c(=O)[nH]c(=O)c3[nH]2)CC1. The number of aromatic amines is 3. The van der Waals surface area contributed by atoms with Crippen LogP contribution in [-0.2, 0) is 0 Å². The maximum Gasteiger partial charge on any atom is 0.327 e. The Hall–Kier alpha value is -1.89. The third-order valence-electron chi connectivity index (χ3n) is 3.57. The molecule has 0 spiro atoms. The van der Waals surface area contributed by atoms with Crippen LogP contribution < -0.4 is 17.0 Å². The number of H-pyrrole nitrogens is 3. The summed E-state index contributed by atoms with van der Waals surface area (Å²) in [4.78, 5) is 34.8. The van der Waals surface area contributed by atoms with Gasteiger partial charge in [0, 0.05) is 12.0 Å². The average molecular weight is 249 g/mol. The average Bonchev–Trinajstić information content (AvgIpc) is 2.74. The fourth-order valence-corrected chi connectivity index (χ4v) is 2.54. The van der Waals surface area contributed by atoms with E-state index >= 15 is 0 Å². The summed E-state index contributed by atoms with van der Waals surface area (Å²) < 4.78 is 0. The lowest BCUT2D eigenvalue weighted by Gasteiger charge is -2.24. The summed E-state index contributed by atoms with van der Waals surface area (Å²) in [6, 6.07) is 0.272. The zero-order valence-electron chi connectivity index (χ0n) is 9.82. The van der Waals surface area contributed by atoms with Gasteiger partial charge in [-0.15, -0.1) is 0 Å². The predicted octanol–water partition coefficient (Wildman–Crippen LogP) is -0.0756. The van der Waals surface area contributed by atoms with Crippen molar-refractivity contribution in [2.45, 2.75) is 37.6 Å². The molecule has 96 valence electrons. The molecule has 7 heteroatoms. The molecular formula is C11H15N5O2. The van der Waals surface area contributed by atoms with E-state index in [-0.39, 0.29) is 6.04 Å². The summed E-state index contributed by atoms with van der Waals surface area (Å²) >= 11 is 0. The van der Waals surface area contributed by atoms with Gasteiger partial charge in [0.15, 0.2) is 5.65 Å². The van der Waals surface area contributed by atoms with Gasteiger partial charge in [-0.1, -0.05) is 0 Å². The van der Waals surface area contributed by atoms with Crippen molar-refractivity contribution in [3.05, 3.63) is 26.7 Å². The van der Waals surface area contributed by atoms with E-state index in [1.807, 2.05) is 0 Å². The maximum atomic E-state index is 11.6. The number of nitrogens with zero attached hydrogens (tertiary/aromatic N) is 1. The highest BCUT2D eigenvalue weighted by Gasteiger charge is 2.23. The molecule has 0 unspecified atom stereocenters. The van der Waals surface area contributed by atoms with E-state index in [0.29, 0.717) is 17.1 Å². The number of imidazole rings is 1. The van der Waals surface area contributed by atoms with Crippen LogP contribution in [-0.4, -0.2) is 26.0 Å². The Labute approximate surface area is 102 Å². The molecule has 1 fully saturated rings. The van der Waals surface area contributed by atoms with Crippen LogP contribution >= 0.6 is 0 Å². The molecule has 0 amide bonds. The molecule has 0 atom stereocenters. The Morgan fingerprint density at radius 2 is 1.78 bits per heavy atom. The first kappa shape index (κ1) is 11.2. The van der Waals surface area contributed by atoms with Crippen LogP contribution in [0.25, 0.3) is 11.2 Å². The normalized spacial score (nSPS) is 24.5. The molecule has 0 aromatic carbocycles. The summed E-state index contributed by atoms with van der Waals surface area (Å²) in [5.74, 6) is 1.06. The highest BCUT2D eigenvalue weighted by Crippen LogP contribution is 2.30. The van der Waals surface area contributed by atoms with Gasteiger partial charge in [0.2, 0.25) is 0 Å². The lowest BCUT2D eigenvalue weighted by Crippen LogP contribution is -2.26. The third-order valence-corrected chi connectivity index (χ3v) is 3.57. The zero-order valence-corrected chi connectivity index (χ0v) is 9.82. The first-order valence-corrected chi connectivity index (χ1v) is 6.11. The molecule has 0 bridgehead atoms. The van der Waals surface area contributed by atoms with Gasteiger partial charge in [0.25, 0.3) is 5.56 Å². The van der Waals surface area contributed by atoms with Crippen molar-refractivity contribution < 1.29 is 0 Å². The Bertz CT molecular complexity index is 675. The lowest BCUT2D eigenvalue weighted by atomic mass is 9.86. The van der Waals surface area contributed by atoms with E-state index < -0.39 is 11.2 Å². The highest BCUT2D eigenvalue weighted by molar-refractivity contribution is 5.68. The molecule has 3 rings (SSSR count). The second-order valence-electron chi connectivity index (χ2n) is 4.87. The van der Waals surface area contributed by atoms with Crippen LogP contribution in [0, 0.1) is 0 Å². The van der Waals surface area contributed by atoms with Crippen molar-refractivity contribution in [1.82, 2.24) is 19.9 Å². The van der Waals surface area contributed by atoms with Gasteiger partial charge in [-0.3, -0.25) is 14.8 Å². The number of fused-ring (bicyclic) bond motifs is 1. The zero-order chi connectivity index (χ0) is 12.7. The number of rotatable bonds is 1. The van der Waals surface area contributed by atoms with E-state index in [1.54, 1.807) is 0 Å². The third kappa shape index (κ3) is 1.86. The van der Waals surface area contributed by atoms with Gasteiger partial charge in [0.05, 0.1) is 0 Å². The molecule has 0 radical (unpaired) electrons. The molecule has 2 aromatic heterocycles. The fraction of sp³-hybridized carbons (Fsp3) is 0.545. The minimum Gasteiger partial charge on any atom is -0.336 e. The van der Waals surface area contributed by atoms with Crippen LogP contribution in [0.5, 0.6) is 0 Å². The van der Waals surface area contributed by atoms with Crippen molar-refractivity contribution in [1.29, 1.82) is 0 Å². The monoisotopic (exact) mass is 249 g/mol. The maximum absolute atomic E-state index is 11.6. The van der Waals surface area contributed by atoms with Crippen molar-refractivity contribution in [2.24, 2.45) is 5.73 Å². The molecule has 0 saturated heterocycles. The fourth-order valence-electron chi connectivity index (χ4n) is 2.54. The van der Waals surface area contributed by atoms with E-state index in [2.05, 4.69) is 19.9 Å². The molecule has 1 saturated carbocycles. The molecule has 7 nitrogen and oxygen atoms in total. The summed E-state index contributed by atoms with van der Waals surface area (Å²) in [5.41, 5.74) is 5.56. The predicted molar refractivity (Wildman–Crippen MR) is 66.5 cm³/mol. The number of hydrogen-bond donors (Lipinski definition) is 4. The largest absolute Gasteiger partial charge is 0.336 e. The van der Waals surface area contributed by atoms with E-state index in [0.717, 1.165) is 31.5 Å². The van der Waals surface area contributed by atoms with Crippen LogP contribution in [0.3, 0.4) is 0 Å². The van der Waals surface area contributed by atoms with Crippen molar-refractivity contribution in [3.63, 3.8) is 0 Å².